The van der Waals surface area contributed by atoms with E-state index in [0.717, 1.165) is 32.0 Å². The highest BCUT2D eigenvalue weighted by molar-refractivity contribution is 9.10. The van der Waals surface area contributed by atoms with Gasteiger partial charge in [-0.3, -0.25) is 0 Å². The molecule has 0 aliphatic rings. The summed E-state index contributed by atoms with van der Waals surface area (Å²) >= 11 is 26.8. The highest BCUT2D eigenvalue weighted by Gasteiger charge is 2.17. The van der Waals surface area contributed by atoms with Gasteiger partial charge in [0.1, 0.15) is 11.2 Å². The SMILES string of the molecule is Clc1cccc(-c2coc3ccccc23)c1Cl.Clc1cccc(Br)c1Cl.OB(O)c1coc2ccccc12. The first-order valence-corrected chi connectivity index (χ1v) is 13.4. The number of para-hydroxylation sites is 2. The maximum atomic E-state index is 8.91. The highest BCUT2D eigenvalue weighted by Crippen LogP contribution is 2.38. The van der Waals surface area contributed by atoms with Gasteiger partial charge < -0.3 is 18.9 Å². The van der Waals surface area contributed by atoms with Crippen LogP contribution in [-0.4, -0.2) is 17.2 Å². The van der Waals surface area contributed by atoms with E-state index in [-0.39, 0.29) is 0 Å². The number of rotatable bonds is 2. The summed E-state index contributed by atoms with van der Waals surface area (Å²) in [6.45, 7) is 0. The first kappa shape index (κ1) is 28.6. The molecule has 0 atom stereocenters. The van der Waals surface area contributed by atoms with E-state index in [4.69, 9.17) is 65.3 Å². The standard InChI is InChI=1S/C14H8Cl2O.C8H7BO3.C6H3BrCl2/c15-12-6-3-5-10(14(12)16)11-8-17-13-7-2-1-4-9(11)13;10-9(11)7-5-12-8-4-2-1-3-6(7)8;7-4-2-1-3-5(8)6(4)9/h1-8H;1-5,10-11H;1-3H. The Morgan fingerprint density at radius 1 is 0.579 bits per heavy atom. The van der Waals surface area contributed by atoms with E-state index in [1.54, 1.807) is 30.5 Å². The van der Waals surface area contributed by atoms with Crippen molar-refractivity contribution in [2.75, 3.05) is 0 Å². The third kappa shape index (κ3) is 6.59. The summed E-state index contributed by atoms with van der Waals surface area (Å²) in [6.07, 6.45) is 3.07. The Labute approximate surface area is 247 Å². The summed E-state index contributed by atoms with van der Waals surface area (Å²) in [7, 11) is -1.46. The lowest BCUT2D eigenvalue weighted by atomic mass is 9.80. The third-order valence-electron chi connectivity index (χ3n) is 5.42. The second-order valence-electron chi connectivity index (χ2n) is 7.84. The van der Waals surface area contributed by atoms with Gasteiger partial charge in [-0.05, 0) is 46.3 Å². The Morgan fingerprint density at radius 2 is 1.13 bits per heavy atom. The number of furan rings is 2. The molecule has 0 bridgehead atoms. The smallest absolute Gasteiger partial charge is 0.465 e. The molecule has 0 radical (unpaired) electrons. The van der Waals surface area contributed by atoms with E-state index in [0.29, 0.717) is 31.1 Å². The molecule has 4 nitrogen and oxygen atoms in total. The largest absolute Gasteiger partial charge is 0.492 e. The van der Waals surface area contributed by atoms with Crippen LogP contribution in [0, 0.1) is 0 Å². The molecular formula is C28H18BBrCl4O4. The molecule has 6 rings (SSSR count). The predicted octanol–water partition coefficient (Wildman–Crippen LogP) is 9.28. The summed E-state index contributed by atoms with van der Waals surface area (Å²) < 4.78 is 11.4. The quantitative estimate of drug-likeness (QED) is 0.145. The van der Waals surface area contributed by atoms with E-state index < -0.39 is 7.12 Å². The molecule has 0 aliphatic heterocycles. The first-order chi connectivity index (χ1) is 18.3. The van der Waals surface area contributed by atoms with E-state index in [2.05, 4.69) is 15.9 Å². The van der Waals surface area contributed by atoms with Crippen LogP contribution < -0.4 is 5.46 Å². The van der Waals surface area contributed by atoms with Crippen molar-refractivity contribution in [1.29, 1.82) is 0 Å². The molecule has 0 spiro atoms. The van der Waals surface area contributed by atoms with Gasteiger partial charge in [0.2, 0.25) is 0 Å². The van der Waals surface area contributed by atoms with E-state index >= 15 is 0 Å². The van der Waals surface area contributed by atoms with Gasteiger partial charge in [0, 0.05) is 31.8 Å². The van der Waals surface area contributed by atoms with Crippen LogP contribution in [0.25, 0.3) is 33.1 Å². The lowest BCUT2D eigenvalue weighted by Gasteiger charge is -2.03. The van der Waals surface area contributed by atoms with Crippen LogP contribution >= 0.6 is 62.3 Å². The molecule has 0 amide bonds. The van der Waals surface area contributed by atoms with E-state index in [9.17, 15) is 0 Å². The maximum absolute atomic E-state index is 8.91. The van der Waals surface area contributed by atoms with Crippen LogP contribution in [0.3, 0.4) is 0 Å². The number of hydrogen-bond acceptors (Lipinski definition) is 4. The van der Waals surface area contributed by atoms with Crippen LogP contribution in [0.1, 0.15) is 0 Å². The maximum Gasteiger partial charge on any atom is 0.492 e. The average molecular weight is 651 g/mol. The lowest BCUT2D eigenvalue weighted by molar-refractivity contribution is 0.425. The molecule has 2 N–H and O–H groups in total. The molecule has 0 unspecified atom stereocenters. The van der Waals surface area contributed by atoms with Gasteiger partial charge in [-0.25, -0.2) is 0 Å². The highest BCUT2D eigenvalue weighted by atomic mass is 79.9. The van der Waals surface area contributed by atoms with Crippen LogP contribution in [-0.2, 0) is 0 Å². The normalized spacial score (nSPS) is 10.5. The minimum atomic E-state index is -1.46. The van der Waals surface area contributed by atoms with Crippen molar-refractivity contribution < 1.29 is 18.9 Å². The topological polar surface area (TPSA) is 66.7 Å². The Balaban J connectivity index is 0.000000141. The molecular weight excluding hydrogens is 633 g/mol. The van der Waals surface area contributed by atoms with Crippen molar-refractivity contribution in [1.82, 2.24) is 0 Å². The van der Waals surface area contributed by atoms with Gasteiger partial charge in [-0.2, -0.15) is 0 Å². The monoisotopic (exact) mass is 648 g/mol. The van der Waals surface area contributed by atoms with Crippen molar-refractivity contribution >= 4 is 96.9 Å². The molecule has 0 aliphatic carbocycles. The van der Waals surface area contributed by atoms with Gasteiger partial charge in [-0.15, -0.1) is 0 Å². The van der Waals surface area contributed by atoms with Gasteiger partial charge in [0.05, 0.1) is 32.6 Å². The molecule has 6 aromatic rings. The van der Waals surface area contributed by atoms with Crippen molar-refractivity contribution in [3.63, 3.8) is 0 Å². The molecule has 0 saturated heterocycles. The molecule has 0 fully saturated rings. The molecule has 192 valence electrons. The number of fused-ring (bicyclic) bond motifs is 2. The zero-order valence-electron chi connectivity index (χ0n) is 19.4. The van der Waals surface area contributed by atoms with Crippen molar-refractivity contribution in [2.45, 2.75) is 0 Å². The second kappa shape index (κ2) is 13.1. The predicted molar refractivity (Wildman–Crippen MR) is 162 cm³/mol. The fourth-order valence-corrected chi connectivity index (χ4v) is 4.76. The second-order valence-corrected chi connectivity index (χ2v) is 10.3. The minimum absolute atomic E-state index is 0.408. The fraction of sp³-hybridized carbons (Fsp3) is 0. The minimum Gasteiger partial charge on any atom is -0.465 e. The molecule has 38 heavy (non-hydrogen) atoms. The van der Waals surface area contributed by atoms with Crippen LogP contribution in [0.2, 0.25) is 20.1 Å². The Hall–Kier alpha value is -2.42. The summed E-state index contributed by atoms with van der Waals surface area (Å²) in [5.74, 6) is 0. The van der Waals surface area contributed by atoms with Crippen molar-refractivity contribution in [3.05, 3.63) is 122 Å². The fourth-order valence-electron chi connectivity index (χ4n) is 3.57. The van der Waals surface area contributed by atoms with Crippen LogP contribution in [0.4, 0.5) is 0 Å². The summed E-state index contributed by atoms with van der Waals surface area (Å²) in [5, 5.41) is 21.8. The summed E-state index contributed by atoms with van der Waals surface area (Å²) in [5.41, 5.74) is 3.78. The van der Waals surface area contributed by atoms with Gasteiger partial charge in [-0.1, -0.05) is 101 Å². The van der Waals surface area contributed by atoms with Gasteiger partial charge in [0.15, 0.2) is 0 Å². The Kier molecular flexibility index (Phi) is 9.85. The molecule has 10 heteroatoms. The number of benzene rings is 4. The van der Waals surface area contributed by atoms with Crippen LogP contribution in [0.15, 0.2) is 111 Å². The molecule has 4 aromatic carbocycles. The zero-order valence-corrected chi connectivity index (χ0v) is 24.0. The third-order valence-corrected chi connectivity index (χ3v) is 7.94. The van der Waals surface area contributed by atoms with Gasteiger partial charge in [0.25, 0.3) is 0 Å². The van der Waals surface area contributed by atoms with Crippen molar-refractivity contribution in [3.8, 4) is 11.1 Å². The van der Waals surface area contributed by atoms with Crippen LogP contribution in [0.5, 0.6) is 0 Å². The van der Waals surface area contributed by atoms with E-state index in [1.807, 2.05) is 60.7 Å². The molecule has 2 heterocycles. The summed E-state index contributed by atoms with van der Waals surface area (Å²) in [6, 6.07) is 26.1. The summed E-state index contributed by atoms with van der Waals surface area (Å²) in [4.78, 5) is 0. The number of halogens is 5. The zero-order chi connectivity index (χ0) is 27.2. The van der Waals surface area contributed by atoms with Crippen molar-refractivity contribution in [2.24, 2.45) is 0 Å². The molecule has 0 saturated carbocycles. The Morgan fingerprint density at radius 3 is 1.76 bits per heavy atom. The molecule has 2 aromatic heterocycles. The Bertz CT molecular complexity index is 1660. The number of hydrogen-bond donors (Lipinski definition) is 2. The lowest BCUT2D eigenvalue weighted by Crippen LogP contribution is -2.28. The average Bonchev–Trinajstić information content (AvgIpc) is 3.54. The van der Waals surface area contributed by atoms with Gasteiger partial charge >= 0.3 is 7.12 Å². The van der Waals surface area contributed by atoms with E-state index in [1.165, 1.54) is 6.26 Å². The first-order valence-electron chi connectivity index (χ1n) is 11.1.